The fourth-order valence-electron chi connectivity index (χ4n) is 7.78. The van der Waals surface area contributed by atoms with Crippen LogP contribution in [-0.4, -0.2) is 82.0 Å². The molecule has 2 aromatic carbocycles. The lowest BCUT2D eigenvalue weighted by Crippen LogP contribution is -2.39. The number of hydrogen-bond acceptors (Lipinski definition) is 8. The average Bonchev–Trinajstić information content (AvgIpc) is 3.79. The van der Waals surface area contributed by atoms with E-state index in [4.69, 9.17) is 14.6 Å². The Bertz CT molecular complexity index is 1480. The normalized spacial score (nSPS) is 24.5. The van der Waals surface area contributed by atoms with Crippen molar-refractivity contribution in [2.75, 3.05) is 26.3 Å². The number of aliphatic hydroxyl groups excluding tert-OH is 4. The number of nitrogens with one attached hydrogen (secondary N) is 2. The van der Waals surface area contributed by atoms with Crippen LogP contribution in [0.3, 0.4) is 0 Å². The Morgan fingerprint density at radius 1 is 0.843 bits per heavy atom. The Morgan fingerprint density at radius 2 is 1.39 bits per heavy atom. The molecule has 0 aliphatic heterocycles. The molecule has 0 aromatic heterocycles. The minimum absolute atomic E-state index is 0.0339. The van der Waals surface area contributed by atoms with E-state index in [-0.39, 0.29) is 41.3 Å². The van der Waals surface area contributed by atoms with Gasteiger partial charge in [0.1, 0.15) is 22.7 Å². The van der Waals surface area contributed by atoms with Gasteiger partial charge in [0.15, 0.2) is 0 Å². The molecular formula is C41H62N2O8. The molecule has 0 bridgehead atoms. The van der Waals surface area contributed by atoms with Crippen LogP contribution in [0, 0.1) is 23.2 Å². The lowest BCUT2D eigenvalue weighted by Gasteiger charge is -2.43. The van der Waals surface area contributed by atoms with E-state index in [1.54, 1.807) is 0 Å². The molecule has 2 aliphatic rings. The number of rotatable bonds is 16. The van der Waals surface area contributed by atoms with Crippen molar-refractivity contribution in [2.24, 2.45) is 23.2 Å². The summed E-state index contributed by atoms with van der Waals surface area (Å²) in [6.07, 6.45) is 4.19. The van der Waals surface area contributed by atoms with Gasteiger partial charge >= 0.3 is 0 Å². The molecule has 284 valence electrons. The van der Waals surface area contributed by atoms with Gasteiger partial charge in [0.25, 0.3) is 11.8 Å². The second-order valence-electron chi connectivity index (χ2n) is 16.9. The van der Waals surface area contributed by atoms with E-state index in [0.717, 1.165) is 11.7 Å². The third-order valence-corrected chi connectivity index (χ3v) is 11.8. The van der Waals surface area contributed by atoms with E-state index in [9.17, 15) is 24.9 Å². The summed E-state index contributed by atoms with van der Waals surface area (Å²) in [4.78, 5) is 26.1. The Hall–Kier alpha value is -3.18. The van der Waals surface area contributed by atoms with Gasteiger partial charge in [-0.3, -0.25) is 9.59 Å². The van der Waals surface area contributed by atoms with Crippen LogP contribution in [0.25, 0.3) is 0 Å². The van der Waals surface area contributed by atoms with Crippen LogP contribution in [0.15, 0.2) is 42.5 Å². The molecule has 10 nitrogen and oxygen atoms in total. The van der Waals surface area contributed by atoms with Gasteiger partial charge in [-0.05, 0) is 111 Å². The molecule has 2 aromatic rings. The van der Waals surface area contributed by atoms with Gasteiger partial charge < -0.3 is 40.5 Å². The summed E-state index contributed by atoms with van der Waals surface area (Å²) >= 11 is 0. The molecule has 5 unspecified atom stereocenters. The molecule has 4 rings (SSSR count). The zero-order valence-corrected chi connectivity index (χ0v) is 31.9. The molecule has 51 heavy (non-hydrogen) atoms. The molecule has 0 saturated heterocycles. The molecule has 2 fully saturated rings. The summed E-state index contributed by atoms with van der Waals surface area (Å²) in [6.45, 7) is 16.7. The highest BCUT2D eigenvalue weighted by molar-refractivity contribution is 6.00. The lowest BCUT2D eigenvalue weighted by molar-refractivity contribution is 0.0274. The molecule has 2 amide bonds. The molecule has 10 heteroatoms. The first-order valence-corrected chi connectivity index (χ1v) is 18.6. The lowest BCUT2D eigenvalue weighted by atomic mass is 9.62. The summed E-state index contributed by atoms with van der Waals surface area (Å²) < 4.78 is 13.3. The number of hydrogen-bond donors (Lipinski definition) is 6. The number of amides is 2. The van der Waals surface area contributed by atoms with Crippen LogP contribution in [0.4, 0.5) is 0 Å². The van der Waals surface area contributed by atoms with Crippen LogP contribution in [0.1, 0.15) is 120 Å². The maximum atomic E-state index is 13.2. The van der Waals surface area contributed by atoms with Crippen molar-refractivity contribution in [2.45, 2.75) is 123 Å². The summed E-state index contributed by atoms with van der Waals surface area (Å²) in [5.41, 5.74) is 0.825. The highest BCUT2D eigenvalue weighted by atomic mass is 16.5. The summed E-state index contributed by atoms with van der Waals surface area (Å²) in [5.74, 6) is 1.33. The van der Waals surface area contributed by atoms with Crippen molar-refractivity contribution >= 4 is 11.8 Å². The number of carbonyl (C=O) groups is 2. The summed E-state index contributed by atoms with van der Waals surface area (Å²) in [5, 5.41) is 43.0. The van der Waals surface area contributed by atoms with E-state index in [2.05, 4.69) is 83.4 Å². The van der Waals surface area contributed by atoms with Crippen LogP contribution in [0.5, 0.6) is 11.5 Å². The van der Waals surface area contributed by atoms with E-state index >= 15 is 0 Å². The van der Waals surface area contributed by atoms with Crippen molar-refractivity contribution in [1.29, 1.82) is 0 Å². The van der Waals surface area contributed by atoms with Gasteiger partial charge in [0.05, 0.1) is 31.0 Å². The number of carbonyl (C=O) groups excluding carboxylic acids is 2. The zero-order valence-electron chi connectivity index (χ0n) is 31.9. The predicted molar refractivity (Wildman–Crippen MR) is 198 cm³/mol. The third-order valence-electron chi connectivity index (χ3n) is 11.8. The topological polar surface area (TPSA) is 158 Å². The Kier molecular flexibility index (Phi) is 12.9. The van der Waals surface area contributed by atoms with Crippen LogP contribution < -0.4 is 20.1 Å². The van der Waals surface area contributed by atoms with Crippen LogP contribution in [-0.2, 0) is 5.41 Å². The average molecular weight is 711 g/mol. The fourth-order valence-corrected chi connectivity index (χ4v) is 7.78. The molecule has 5 atom stereocenters. The van der Waals surface area contributed by atoms with Crippen molar-refractivity contribution < 1.29 is 39.5 Å². The minimum atomic E-state index is -1.12. The quantitative estimate of drug-likeness (QED) is 0.136. The molecule has 2 saturated carbocycles. The first kappa shape index (κ1) is 40.6. The molecule has 0 radical (unpaired) electrons. The molecule has 2 aliphatic carbocycles. The first-order chi connectivity index (χ1) is 23.9. The summed E-state index contributed by atoms with van der Waals surface area (Å²) in [7, 11) is 0. The van der Waals surface area contributed by atoms with Gasteiger partial charge in [-0.2, -0.15) is 0 Å². The molecule has 6 N–H and O–H groups in total. The van der Waals surface area contributed by atoms with Crippen LogP contribution >= 0.6 is 0 Å². The maximum absolute atomic E-state index is 13.2. The summed E-state index contributed by atoms with van der Waals surface area (Å²) in [6, 6.07) is 13.0. The Balaban J connectivity index is 1.49. The van der Waals surface area contributed by atoms with E-state index in [0.29, 0.717) is 24.2 Å². The Morgan fingerprint density at radius 3 is 1.92 bits per heavy atom. The SMILES string of the molecule is CCC(C)(Oc1ccc(C(C)(C)C2CCC(C(C)(C)C)CC2)cc1)C1CC1(C)Oc1cc(C(=O)NCC(O)CO)ccc1C(=O)NCC(O)CO. The minimum Gasteiger partial charge on any atom is -0.487 e. The van der Waals surface area contributed by atoms with Gasteiger partial charge in [-0.15, -0.1) is 0 Å². The second kappa shape index (κ2) is 16.2. The van der Waals surface area contributed by atoms with Crippen LogP contribution in [0.2, 0.25) is 0 Å². The number of benzene rings is 2. The van der Waals surface area contributed by atoms with Crippen molar-refractivity contribution in [3.63, 3.8) is 0 Å². The van der Waals surface area contributed by atoms with Crippen molar-refractivity contribution in [3.05, 3.63) is 59.2 Å². The zero-order chi connectivity index (χ0) is 37.8. The smallest absolute Gasteiger partial charge is 0.255 e. The molecule has 0 spiro atoms. The second-order valence-corrected chi connectivity index (χ2v) is 16.9. The van der Waals surface area contributed by atoms with Crippen molar-refractivity contribution in [3.8, 4) is 11.5 Å². The van der Waals surface area contributed by atoms with E-state index in [1.807, 2.05) is 6.92 Å². The van der Waals surface area contributed by atoms with E-state index < -0.39 is 48.4 Å². The van der Waals surface area contributed by atoms with Gasteiger partial charge in [-0.1, -0.05) is 53.7 Å². The van der Waals surface area contributed by atoms with Gasteiger partial charge in [0, 0.05) is 24.6 Å². The number of aliphatic hydroxyl groups is 4. The van der Waals surface area contributed by atoms with E-state index in [1.165, 1.54) is 49.4 Å². The van der Waals surface area contributed by atoms with Gasteiger partial charge in [-0.25, -0.2) is 0 Å². The molecule has 0 heterocycles. The third kappa shape index (κ3) is 9.83. The van der Waals surface area contributed by atoms with Crippen molar-refractivity contribution in [1.82, 2.24) is 10.6 Å². The Labute approximate surface area is 304 Å². The first-order valence-electron chi connectivity index (χ1n) is 18.6. The largest absolute Gasteiger partial charge is 0.487 e. The molecular weight excluding hydrogens is 648 g/mol. The maximum Gasteiger partial charge on any atom is 0.255 e. The fraction of sp³-hybridized carbons (Fsp3) is 0.659. The standard InChI is InChI=1S/C41H62N2O8/c1-9-40(7,50-32-17-15-29(16-18-32)39(5,6)28-13-11-27(12-14-28)38(2,3)4)35-21-41(35,8)51-34-20-26(36(48)42-22-30(46)24-44)10-19-33(34)37(49)43-23-31(47)25-45/h10,15-20,27-28,30-31,35,44-47H,9,11-14,21-25H2,1-8H3,(H,42,48)(H,43,49). The monoisotopic (exact) mass is 710 g/mol. The predicted octanol–water partition coefficient (Wildman–Crippen LogP) is 5.39. The highest BCUT2D eigenvalue weighted by Gasteiger charge is 2.62. The van der Waals surface area contributed by atoms with Gasteiger partial charge in [0.2, 0.25) is 0 Å². The highest BCUT2D eigenvalue weighted by Crippen LogP contribution is 2.55. The number of ether oxygens (including phenoxy) is 2.